The molecule has 8 nitrogen and oxygen atoms in total. The fraction of sp³-hybridized carbons (Fsp3) is 0.632. The van der Waals surface area contributed by atoms with E-state index in [0.29, 0.717) is 24.3 Å². The number of hydrogen-bond acceptors (Lipinski definition) is 8. The maximum Gasteiger partial charge on any atom is 0.306 e. The number of hydroxylamine groups is 2. The van der Waals surface area contributed by atoms with E-state index in [1.54, 1.807) is 0 Å². The molecule has 2 aromatic carbocycles. The maximum atomic E-state index is 12.4. The van der Waals surface area contributed by atoms with Crippen LogP contribution in [0.1, 0.15) is 129 Å². The molecule has 258 valence electrons. The molecule has 0 spiro atoms. The van der Waals surface area contributed by atoms with Crippen LogP contribution in [0.25, 0.3) is 0 Å². The van der Waals surface area contributed by atoms with E-state index in [1.165, 1.54) is 0 Å². The van der Waals surface area contributed by atoms with Crippen LogP contribution in [0.4, 0.5) is 0 Å². The van der Waals surface area contributed by atoms with E-state index in [-0.39, 0.29) is 72.7 Å². The van der Waals surface area contributed by atoms with Crippen LogP contribution in [0, 0.1) is 0 Å². The normalized spacial score (nSPS) is 12.8. The Morgan fingerprint density at radius 2 is 0.826 bits per heavy atom. The Balaban J connectivity index is 1.80. The van der Waals surface area contributed by atoms with Gasteiger partial charge in [-0.1, -0.05) is 107 Å². The van der Waals surface area contributed by atoms with Gasteiger partial charge in [-0.25, -0.2) is 0 Å². The molecule has 0 atom stereocenters. The van der Waals surface area contributed by atoms with Crippen LogP contribution in [0.15, 0.2) is 24.3 Å². The number of carbonyl (C=O) groups excluding carboxylic acids is 2. The van der Waals surface area contributed by atoms with E-state index < -0.39 is 0 Å². The molecule has 3 N–H and O–H groups in total. The molecule has 0 bridgehead atoms. The number of aromatic hydroxyl groups is 2. The molecule has 0 aliphatic carbocycles. The highest BCUT2D eigenvalue weighted by molar-refractivity contribution is 5.70. The zero-order valence-electron chi connectivity index (χ0n) is 30.4. The minimum atomic E-state index is -0.374. The number of nitrogens with zero attached hydrogens (tertiary/aromatic N) is 1. The summed E-state index contributed by atoms with van der Waals surface area (Å²) in [6.45, 7) is 24.8. The lowest BCUT2D eigenvalue weighted by Crippen LogP contribution is -2.29. The minimum Gasteiger partial charge on any atom is -0.507 e. The molecule has 2 rings (SSSR count). The van der Waals surface area contributed by atoms with Crippen molar-refractivity contribution in [1.82, 2.24) is 5.06 Å². The summed E-state index contributed by atoms with van der Waals surface area (Å²) in [7, 11) is 0. The van der Waals surface area contributed by atoms with Gasteiger partial charge in [0.1, 0.15) is 24.7 Å². The molecule has 0 aliphatic heterocycles. The number of ether oxygens (including phenoxy) is 2. The van der Waals surface area contributed by atoms with Gasteiger partial charge in [0.2, 0.25) is 0 Å². The molecule has 0 saturated heterocycles. The Hall–Kier alpha value is -3.10. The van der Waals surface area contributed by atoms with Crippen molar-refractivity contribution in [3.8, 4) is 11.5 Å². The third-order valence-corrected chi connectivity index (χ3v) is 8.03. The monoisotopic (exact) mass is 641 g/mol. The molecular formula is C38H59NO7. The summed E-state index contributed by atoms with van der Waals surface area (Å²) >= 11 is 0. The van der Waals surface area contributed by atoms with Gasteiger partial charge in [-0.2, -0.15) is 5.06 Å². The van der Waals surface area contributed by atoms with Crippen LogP contribution >= 0.6 is 0 Å². The molecule has 0 unspecified atom stereocenters. The summed E-state index contributed by atoms with van der Waals surface area (Å²) in [5, 5.41) is 33.0. The summed E-state index contributed by atoms with van der Waals surface area (Å²) in [4.78, 5) is 24.9. The van der Waals surface area contributed by atoms with Gasteiger partial charge >= 0.3 is 11.9 Å². The van der Waals surface area contributed by atoms with Crippen molar-refractivity contribution in [2.75, 3.05) is 26.3 Å². The predicted octanol–water partition coefficient (Wildman–Crippen LogP) is 7.63. The van der Waals surface area contributed by atoms with Gasteiger partial charge in [0.25, 0.3) is 0 Å². The molecule has 0 saturated carbocycles. The zero-order chi connectivity index (χ0) is 35.3. The second-order valence-corrected chi connectivity index (χ2v) is 16.5. The topological polar surface area (TPSA) is 117 Å². The SMILES string of the molecule is CC(C)(C)c1cc(CCC(=O)OCCN(O)CCOC(=O)CCc2cc(C(C)(C)C)c(O)c(C(C)(C)C)c2)cc(C(C)(C)C)c1O. The van der Waals surface area contributed by atoms with Crippen LogP contribution in [-0.2, 0) is 53.6 Å². The van der Waals surface area contributed by atoms with Crippen molar-refractivity contribution in [1.29, 1.82) is 0 Å². The van der Waals surface area contributed by atoms with Crippen LogP contribution in [0.2, 0.25) is 0 Å². The smallest absolute Gasteiger partial charge is 0.306 e. The molecule has 46 heavy (non-hydrogen) atoms. The Bertz CT molecular complexity index is 1180. The van der Waals surface area contributed by atoms with Crippen LogP contribution < -0.4 is 0 Å². The maximum absolute atomic E-state index is 12.4. The fourth-order valence-electron chi connectivity index (χ4n) is 5.24. The Kier molecular flexibility index (Phi) is 12.9. The average molecular weight is 642 g/mol. The number of esters is 2. The van der Waals surface area contributed by atoms with Gasteiger partial charge < -0.3 is 24.9 Å². The molecule has 8 heteroatoms. The number of rotatable bonds is 12. The highest BCUT2D eigenvalue weighted by atomic mass is 16.6. The molecule has 0 fully saturated rings. The highest BCUT2D eigenvalue weighted by Crippen LogP contribution is 2.41. The van der Waals surface area contributed by atoms with E-state index in [2.05, 4.69) is 83.1 Å². The van der Waals surface area contributed by atoms with Crippen LogP contribution in [0.5, 0.6) is 11.5 Å². The van der Waals surface area contributed by atoms with Gasteiger partial charge in [-0.3, -0.25) is 9.59 Å². The van der Waals surface area contributed by atoms with Crippen molar-refractivity contribution >= 4 is 11.9 Å². The van der Waals surface area contributed by atoms with Gasteiger partial charge in [-0.15, -0.1) is 0 Å². The summed E-state index contributed by atoms with van der Waals surface area (Å²) < 4.78 is 10.7. The Labute approximate surface area is 277 Å². The summed E-state index contributed by atoms with van der Waals surface area (Å²) in [5.41, 5.74) is 4.33. The third-order valence-electron chi connectivity index (χ3n) is 8.03. The van der Waals surface area contributed by atoms with Crippen molar-refractivity contribution in [3.05, 3.63) is 57.6 Å². The first-order valence-electron chi connectivity index (χ1n) is 16.4. The number of hydrogen-bond donors (Lipinski definition) is 3. The molecule has 2 aromatic rings. The molecule has 0 aliphatic rings. The lowest BCUT2D eigenvalue weighted by atomic mass is 9.78. The number of aryl methyl sites for hydroxylation is 2. The van der Waals surface area contributed by atoms with E-state index in [4.69, 9.17) is 9.47 Å². The summed E-state index contributed by atoms with van der Waals surface area (Å²) in [6, 6.07) is 7.86. The van der Waals surface area contributed by atoms with Crippen LogP contribution in [-0.4, -0.2) is 58.7 Å². The average Bonchev–Trinajstić information content (AvgIpc) is 2.89. The van der Waals surface area contributed by atoms with Gasteiger partial charge in [0.05, 0.1) is 13.1 Å². The Morgan fingerprint density at radius 3 is 1.07 bits per heavy atom. The van der Waals surface area contributed by atoms with Crippen molar-refractivity contribution in [2.45, 2.75) is 130 Å². The minimum absolute atomic E-state index is 0.00636. The summed E-state index contributed by atoms with van der Waals surface area (Å²) in [6.07, 6.45) is 1.31. The van der Waals surface area contributed by atoms with E-state index in [0.717, 1.165) is 38.4 Å². The van der Waals surface area contributed by atoms with Gasteiger partial charge in [0.15, 0.2) is 0 Å². The molecule has 0 amide bonds. The molecular weight excluding hydrogens is 582 g/mol. The first-order valence-corrected chi connectivity index (χ1v) is 16.4. The number of benzene rings is 2. The van der Waals surface area contributed by atoms with Crippen molar-refractivity contribution in [2.24, 2.45) is 0 Å². The lowest BCUT2D eigenvalue weighted by Gasteiger charge is -2.28. The van der Waals surface area contributed by atoms with E-state index in [9.17, 15) is 25.0 Å². The quantitative estimate of drug-likeness (QED) is 0.160. The van der Waals surface area contributed by atoms with E-state index in [1.807, 2.05) is 24.3 Å². The first-order chi connectivity index (χ1) is 20.9. The molecule has 0 heterocycles. The standard InChI is InChI=1S/C38H59NO7/c1-35(2,3)27-21-25(22-28(33(27)42)36(4,5)6)13-15-31(40)45-19-17-39(44)18-20-46-32(41)16-14-26-23-29(37(7,8)9)34(43)30(24-26)38(10,11)12/h21-24,42-44H,13-20H2,1-12H3. The third kappa shape index (κ3) is 11.6. The highest BCUT2D eigenvalue weighted by Gasteiger charge is 2.28. The molecule has 0 aromatic heterocycles. The largest absolute Gasteiger partial charge is 0.507 e. The van der Waals surface area contributed by atoms with E-state index >= 15 is 0 Å². The second kappa shape index (κ2) is 15.2. The molecule has 0 radical (unpaired) electrons. The first kappa shape index (κ1) is 39.1. The van der Waals surface area contributed by atoms with Gasteiger partial charge in [0, 0.05) is 12.8 Å². The predicted molar refractivity (Wildman–Crippen MR) is 183 cm³/mol. The summed E-state index contributed by atoms with van der Waals surface area (Å²) in [5.74, 6) is -0.134. The second-order valence-electron chi connectivity index (χ2n) is 16.5. The van der Waals surface area contributed by atoms with Crippen molar-refractivity contribution < 1.29 is 34.5 Å². The number of phenols is 2. The zero-order valence-corrected chi connectivity index (χ0v) is 30.4. The van der Waals surface area contributed by atoms with Gasteiger partial charge in [-0.05, 0) is 67.9 Å². The number of phenolic OH excluding ortho intramolecular Hbond substituents is 2. The number of carbonyl (C=O) groups is 2. The lowest BCUT2D eigenvalue weighted by molar-refractivity contribution is -0.154. The van der Waals surface area contributed by atoms with Crippen LogP contribution in [0.3, 0.4) is 0 Å². The Morgan fingerprint density at radius 1 is 0.565 bits per heavy atom. The van der Waals surface area contributed by atoms with Crippen molar-refractivity contribution in [3.63, 3.8) is 0 Å². The fourth-order valence-corrected chi connectivity index (χ4v) is 5.24.